The van der Waals surface area contributed by atoms with Gasteiger partial charge in [0.2, 0.25) is 0 Å². The molecule has 0 saturated heterocycles. The Balaban J connectivity index is 1.75. The zero-order valence-electron chi connectivity index (χ0n) is 12.8. The van der Waals surface area contributed by atoms with Crippen molar-refractivity contribution in [2.24, 2.45) is 0 Å². The lowest BCUT2D eigenvalue weighted by atomic mass is 9.97. The molecule has 3 heterocycles. The standard InChI is InChI=1S/C16H18N4S2/c1-10-19-11(8-21-10)7-20(2)15-14-12-5-3-4-6-13(12)22-16(14)18-9-17-15/h8-9H,3-7H2,1-2H3. The van der Waals surface area contributed by atoms with Gasteiger partial charge in [0.05, 0.1) is 22.6 Å². The molecule has 0 N–H and O–H groups in total. The van der Waals surface area contributed by atoms with Crippen molar-refractivity contribution in [2.75, 3.05) is 11.9 Å². The molecule has 0 atom stereocenters. The van der Waals surface area contributed by atoms with Crippen molar-refractivity contribution in [1.82, 2.24) is 15.0 Å². The van der Waals surface area contributed by atoms with Crippen LogP contribution < -0.4 is 4.90 Å². The molecule has 4 nitrogen and oxygen atoms in total. The lowest BCUT2D eigenvalue weighted by Gasteiger charge is -2.19. The fourth-order valence-electron chi connectivity index (χ4n) is 3.16. The maximum absolute atomic E-state index is 4.59. The summed E-state index contributed by atoms with van der Waals surface area (Å²) < 4.78 is 0. The number of aryl methyl sites for hydroxylation is 3. The second kappa shape index (κ2) is 5.59. The minimum atomic E-state index is 0.793. The van der Waals surface area contributed by atoms with Crippen LogP contribution in [0.25, 0.3) is 10.2 Å². The predicted octanol–water partition coefficient (Wildman–Crippen LogP) is 3.97. The van der Waals surface area contributed by atoms with Gasteiger partial charge in [-0.15, -0.1) is 22.7 Å². The van der Waals surface area contributed by atoms with E-state index in [0.717, 1.165) is 27.9 Å². The first kappa shape index (κ1) is 14.1. The van der Waals surface area contributed by atoms with Crippen molar-refractivity contribution < 1.29 is 0 Å². The Labute approximate surface area is 137 Å². The maximum atomic E-state index is 4.59. The summed E-state index contributed by atoms with van der Waals surface area (Å²) in [5, 5.41) is 4.52. The normalized spacial score (nSPS) is 14.3. The zero-order valence-corrected chi connectivity index (χ0v) is 14.4. The molecule has 1 aliphatic rings. The Morgan fingerprint density at radius 3 is 2.91 bits per heavy atom. The van der Waals surface area contributed by atoms with Gasteiger partial charge in [-0.05, 0) is 38.2 Å². The van der Waals surface area contributed by atoms with E-state index in [9.17, 15) is 0 Å². The van der Waals surface area contributed by atoms with E-state index in [1.807, 2.05) is 18.3 Å². The van der Waals surface area contributed by atoms with E-state index in [1.165, 1.54) is 41.5 Å². The first-order valence-corrected chi connectivity index (χ1v) is 9.29. The molecule has 0 spiro atoms. The number of rotatable bonds is 3. The van der Waals surface area contributed by atoms with Crippen LogP contribution in [-0.2, 0) is 19.4 Å². The fourth-order valence-corrected chi connectivity index (χ4v) is 4.99. The number of fused-ring (bicyclic) bond motifs is 3. The molecule has 0 amide bonds. The number of nitrogens with zero attached hydrogens (tertiary/aromatic N) is 4. The van der Waals surface area contributed by atoms with E-state index in [4.69, 9.17) is 0 Å². The van der Waals surface area contributed by atoms with Crippen molar-refractivity contribution >= 4 is 38.7 Å². The van der Waals surface area contributed by atoms with Crippen LogP contribution in [0, 0.1) is 6.92 Å². The Hall–Kier alpha value is -1.53. The Morgan fingerprint density at radius 1 is 1.23 bits per heavy atom. The molecule has 3 aromatic rings. The predicted molar refractivity (Wildman–Crippen MR) is 93.0 cm³/mol. The smallest absolute Gasteiger partial charge is 0.141 e. The van der Waals surface area contributed by atoms with Crippen molar-refractivity contribution in [3.63, 3.8) is 0 Å². The second-order valence-corrected chi connectivity index (χ2v) is 7.95. The van der Waals surface area contributed by atoms with Crippen LogP contribution in [0.15, 0.2) is 11.7 Å². The molecule has 6 heteroatoms. The summed E-state index contributed by atoms with van der Waals surface area (Å²) >= 11 is 3.55. The maximum Gasteiger partial charge on any atom is 0.141 e. The molecule has 3 aromatic heterocycles. The van der Waals surface area contributed by atoms with E-state index < -0.39 is 0 Å². The van der Waals surface area contributed by atoms with Crippen LogP contribution in [0.3, 0.4) is 0 Å². The third-order valence-corrected chi connectivity index (χ3v) is 6.18. The average Bonchev–Trinajstić information content (AvgIpc) is 3.10. The number of anilines is 1. The number of hydrogen-bond acceptors (Lipinski definition) is 6. The van der Waals surface area contributed by atoms with Crippen LogP contribution in [-0.4, -0.2) is 22.0 Å². The van der Waals surface area contributed by atoms with Crippen LogP contribution in [0.2, 0.25) is 0 Å². The molecule has 22 heavy (non-hydrogen) atoms. The van der Waals surface area contributed by atoms with Crippen molar-refractivity contribution in [3.8, 4) is 0 Å². The molecular formula is C16H18N4S2. The van der Waals surface area contributed by atoms with Gasteiger partial charge in [-0.2, -0.15) is 0 Å². The molecule has 0 saturated carbocycles. The summed E-state index contributed by atoms with van der Waals surface area (Å²) in [5.41, 5.74) is 2.60. The fraction of sp³-hybridized carbons (Fsp3) is 0.438. The summed E-state index contributed by atoms with van der Waals surface area (Å²) in [4.78, 5) is 18.5. The third-order valence-electron chi connectivity index (χ3n) is 4.16. The van der Waals surface area contributed by atoms with E-state index >= 15 is 0 Å². The first-order valence-electron chi connectivity index (χ1n) is 7.60. The lowest BCUT2D eigenvalue weighted by molar-refractivity contribution is 0.700. The summed E-state index contributed by atoms with van der Waals surface area (Å²) in [7, 11) is 2.10. The first-order chi connectivity index (χ1) is 10.7. The second-order valence-electron chi connectivity index (χ2n) is 5.80. The molecule has 0 aliphatic heterocycles. The highest BCUT2D eigenvalue weighted by molar-refractivity contribution is 7.19. The molecule has 1 aliphatic carbocycles. The van der Waals surface area contributed by atoms with Crippen LogP contribution >= 0.6 is 22.7 Å². The van der Waals surface area contributed by atoms with Crippen molar-refractivity contribution in [1.29, 1.82) is 0 Å². The van der Waals surface area contributed by atoms with Gasteiger partial charge in [0.15, 0.2) is 0 Å². The highest BCUT2D eigenvalue weighted by atomic mass is 32.1. The molecule has 0 fully saturated rings. The van der Waals surface area contributed by atoms with Gasteiger partial charge < -0.3 is 4.90 Å². The minimum absolute atomic E-state index is 0.793. The highest BCUT2D eigenvalue weighted by Gasteiger charge is 2.21. The monoisotopic (exact) mass is 330 g/mol. The van der Waals surface area contributed by atoms with Gasteiger partial charge in [0.25, 0.3) is 0 Å². The number of thiazole rings is 1. The summed E-state index contributed by atoms with van der Waals surface area (Å²) in [6.45, 7) is 2.84. The number of hydrogen-bond donors (Lipinski definition) is 0. The number of aromatic nitrogens is 3. The largest absolute Gasteiger partial charge is 0.353 e. The van der Waals surface area contributed by atoms with Crippen molar-refractivity contribution in [3.05, 3.63) is 32.8 Å². The summed E-state index contributed by atoms with van der Waals surface area (Å²) in [6.07, 6.45) is 6.64. The van der Waals surface area contributed by atoms with Crippen molar-refractivity contribution in [2.45, 2.75) is 39.2 Å². The van der Waals surface area contributed by atoms with Gasteiger partial charge >= 0.3 is 0 Å². The van der Waals surface area contributed by atoms with Gasteiger partial charge in [-0.3, -0.25) is 0 Å². The van der Waals surface area contributed by atoms with Gasteiger partial charge in [-0.25, -0.2) is 15.0 Å². The number of thiophene rings is 1. The SMILES string of the molecule is Cc1nc(CN(C)c2ncnc3sc4c(c23)CCCC4)cs1. The Bertz CT molecular complexity index is 821. The molecule has 0 unspecified atom stereocenters. The highest BCUT2D eigenvalue weighted by Crippen LogP contribution is 2.39. The Kier molecular flexibility index (Phi) is 3.58. The van der Waals surface area contributed by atoms with Crippen LogP contribution in [0.5, 0.6) is 0 Å². The summed E-state index contributed by atoms with van der Waals surface area (Å²) in [5.74, 6) is 1.05. The molecule has 0 aromatic carbocycles. The van der Waals surface area contributed by atoms with Gasteiger partial charge in [0.1, 0.15) is 17.0 Å². The van der Waals surface area contributed by atoms with E-state index in [-0.39, 0.29) is 0 Å². The zero-order chi connectivity index (χ0) is 15.1. The van der Waals surface area contributed by atoms with E-state index in [1.54, 1.807) is 17.7 Å². The van der Waals surface area contributed by atoms with Crippen LogP contribution in [0.4, 0.5) is 5.82 Å². The molecule has 4 rings (SSSR count). The minimum Gasteiger partial charge on any atom is -0.353 e. The summed E-state index contributed by atoms with van der Waals surface area (Å²) in [6, 6.07) is 0. The third kappa shape index (κ3) is 2.40. The van der Waals surface area contributed by atoms with E-state index in [0.29, 0.717) is 0 Å². The molecular weight excluding hydrogens is 312 g/mol. The topological polar surface area (TPSA) is 41.9 Å². The van der Waals surface area contributed by atoms with E-state index in [2.05, 4.69) is 32.3 Å². The van der Waals surface area contributed by atoms with Gasteiger partial charge in [0, 0.05) is 17.3 Å². The lowest BCUT2D eigenvalue weighted by Crippen LogP contribution is -2.18. The average molecular weight is 330 g/mol. The molecule has 0 radical (unpaired) electrons. The van der Waals surface area contributed by atoms with Crippen LogP contribution in [0.1, 0.15) is 34.0 Å². The van der Waals surface area contributed by atoms with Gasteiger partial charge in [-0.1, -0.05) is 0 Å². The Morgan fingerprint density at radius 2 is 2.09 bits per heavy atom. The molecule has 114 valence electrons. The molecule has 0 bridgehead atoms. The quantitative estimate of drug-likeness (QED) is 0.729.